The molecule has 0 unspecified atom stereocenters. The van der Waals surface area contributed by atoms with Gasteiger partial charge in [0.05, 0.1) is 16.7 Å². The number of rotatable bonds is 4. The van der Waals surface area contributed by atoms with Crippen molar-refractivity contribution in [3.63, 3.8) is 0 Å². The normalized spacial score (nSPS) is 11.2. The molecule has 98 valence electrons. The summed E-state index contributed by atoms with van der Waals surface area (Å²) in [6.45, 7) is 0.219. The van der Waals surface area contributed by atoms with Crippen LogP contribution in [0.15, 0.2) is 40.6 Å². The highest BCUT2D eigenvalue weighted by Crippen LogP contribution is 2.22. The zero-order chi connectivity index (χ0) is 13.9. The molecule has 0 aliphatic carbocycles. The number of nitriles is 1. The molecule has 0 fully saturated rings. The third kappa shape index (κ3) is 3.33. The van der Waals surface area contributed by atoms with Crippen molar-refractivity contribution in [1.29, 1.82) is 5.26 Å². The minimum absolute atomic E-state index is 0.0234. The molecule has 1 aromatic heterocycles. The van der Waals surface area contributed by atoms with E-state index in [1.54, 1.807) is 0 Å². The Kier molecular flexibility index (Phi) is 4.22. The maximum Gasteiger partial charge on any atom is 0.242 e. The van der Waals surface area contributed by atoms with Gasteiger partial charge in [-0.2, -0.15) is 5.26 Å². The quantitative estimate of drug-likeness (QED) is 0.943. The maximum absolute atomic E-state index is 12.1. The fourth-order valence-electron chi connectivity index (χ4n) is 1.45. The Balaban J connectivity index is 2.22. The Morgan fingerprint density at radius 1 is 1.37 bits per heavy atom. The van der Waals surface area contributed by atoms with E-state index < -0.39 is 10.0 Å². The molecule has 19 heavy (non-hydrogen) atoms. The molecular formula is C12H9ClN2O2S2. The Hall–Kier alpha value is -1.39. The van der Waals surface area contributed by atoms with Crippen molar-refractivity contribution in [3.8, 4) is 6.07 Å². The number of sulfonamides is 1. The highest BCUT2D eigenvalue weighted by Gasteiger charge is 2.18. The summed E-state index contributed by atoms with van der Waals surface area (Å²) in [6.07, 6.45) is 0. The Bertz CT molecular complexity index is 719. The van der Waals surface area contributed by atoms with Crippen LogP contribution in [0.25, 0.3) is 0 Å². The largest absolute Gasteiger partial charge is 0.242 e. The first-order valence-electron chi connectivity index (χ1n) is 5.24. The van der Waals surface area contributed by atoms with Gasteiger partial charge in [-0.1, -0.05) is 17.7 Å². The fraction of sp³-hybridized carbons (Fsp3) is 0.0833. The van der Waals surface area contributed by atoms with Crippen LogP contribution in [0.2, 0.25) is 5.02 Å². The summed E-state index contributed by atoms with van der Waals surface area (Å²) < 4.78 is 26.6. The lowest BCUT2D eigenvalue weighted by atomic mass is 10.2. The molecule has 0 spiro atoms. The Morgan fingerprint density at radius 3 is 2.74 bits per heavy atom. The third-order valence-corrected chi connectivity index (χ3v) is 5.13. The van der Waals surface area contributed by atoms with E-state index in [0.29, 0.717) is 5.56 Å². The van der Waals surface area contributed by atoms with E-state index in [1.807, 2.05) is 23.6 Å². The van der Waals surface area contributed by atoms with Crippen molar-refractivity contribution in [1.82, 2.24) is 4.72 Å². The summed E-state index contributed by atoms with van der Waals surface area (Å²) in [7, 11) is -3.68. The van der Waals surface area contributed by atoms with Crippen LogP contribution in [0.1, 0.15) is 10.4 Å². The second-order valence-electron chi connectivity index (χ2n) is 3.66. The first-order valence-corrected chi connectivity index (χ1v) is 7.99. The first-order chi connectivity index (χ1) is 9.03. The molecule has 1 heterocycles. The van der Waals surface area contributed by atoms with Crippen LogP contribution in [0.5, 0.6) is 0 Å². The lowest BCUT2D eigenvalue weighted by Gasteiger charge is -2.07. The molecule has 2 rings (SSSR count). The van der Waals surface area contributed by atoms with Crippen molar-refractivity contribution in [2.45, 2.75) is 11.4 Å². The van der Waals surface area contributed by atoms with Gasteiger partial charge in [0, 0.05) is 11.4 Å². The van der Waals surface area contributed by atoms with Crippen LogP contribution >= 0.6 is 22.9 Å². The number of hydrogen-bond donors (Lipinski definition) is 1. The molecule has 4 nitrogen and oxygen atoms in total. The van der Waals surface area contributed by atoms with E-state index in [9.17, 15) is 8.42 Å². The van der Waals surface area contributed by atoms with Gasteiger partial charge in [-0.15, -0.1) is 11.3 Å². The van der Waals surface area contributed by atoms with Crippen molar-refractivity contribution in [2.75, 3.05) is 0 Å². The van der Waals surface area contributed by atoms with E-state index in [0.717, 1.165) is 4.88 Å². The summed E-state index contributed by atoms with van der Waals surface area (Å²) in [5.74, 6) is 0. The molecule has 2 aromatic rings. The lowest BCUT2D eigenvalue weighted by Crippen LogP contribution is -2.23. The molecule has 0 amide bonds. The molecule has 0 radical (unpaired) electrons. The fourth-order valence-corrected chi connectivity index (χ4v) is 3.73. The third-order valence-electron chi connectivity index (χ3n) is 2.37. The summed E-state index contributed by atoms with van der Waals surface area (Å²) in [6, 6.07) is 9.68. The predicted octanol–water partition coefficient (Wildman–Crippen LogP) is 2.75. The molecular weight excluding hydrogens is 304 g/mol. The average molecular weight is 313 g/mol. The van der Waals surface area contributed by atoms with Gasteiger partial charge in [0.25, 0.3) is 0 Å². The zero-order valence-electron chi connectivity index (χ0n) is 9.63. The van der Waals surface area contributed by atoms with Crippen molar-refractivity contribution in [3.05, 3.63) is 51.2 Å². The predicted molar refractivity (Wildman–Crippen MR) is 74.5 cm³/mol. The standard InChI is InChI=1S/C12H9ClN2O2S2/c13-11-6-9(7-14)3-4-12(11)19(16,17)15-8-10-2-1-5-18-10/h1-6,15H,8H2. The van der Waals surface area contributed by atoms with Crippen molar-refractivity contribution < 1.29 is 8.42 Å². The van der Waals surface area contributed by atoms with Gasteiger partial charge < -0.3 is 0 Å². The molecule has 0 bridgehead atoms. The average Bonchev–Trinajstić information content (AvgIpc) is 2.89. The topological polar surface area (TPSA) is 70.0 Å². The summed E-state index contributed by atoms with van der Waals surface area (Å²) in [5.41, 5.74) is 0.321. The Labute approximate surface area is 120 Å². The van der Waals surface area contributed by atoms with Gasteiger partial charge in [-0.25, -0.2) is 13.1 Å². The Morgan fingerprint density at radius 2 is 2.16 bits per heavy atom. The van der Waals surface area contributed by atoms with Gasteiger partial charge in [0.1, 0.15) is 4.90 Å². The van der Waals surface area contributed by atoms with E-state index in [1.165, 1.54) is 29.5 Å². The molecule has 0 aliphatic heterocycles. The molecule has 0 saturated carbocycles. The monoisotopic (exact) mass is 312 g/mol. The van der Waals surface area contributed by atoms with E-state index >= 15 is 0 Å². The first kappa shape index (κ1) is 14.0. The SMILES string of the molecule is N#Cc1ccc(S(=O)(=O)NCc2cccs2)c(Cl)c1. The van der Waals surface area contributed by atoms with Crippen LogP contribution in [0, 0.1) is 11.3 Å². The molecule has 1 N–H and O–H groups in total. The van der Waals surface area contributed by atoms with E-state index in [2.05, 4.69) is 4.72 Å². The smallest absolute Gasteiger partial charge is 0.207 e. The molecule has 7 heteroatoms. The van der Waals surface area contributed by atoms with Crippen LogP contribution < -0.4 is 4.72 Å². The number of benzene rings is 1. The second-order valence-corrected chi connectivity index (χ2v) is 6.84. The van der Waals surface area contributed by atoms with Crippen LogP contribution in [0.3, 0.4) is 0 Å². The van der Waals surface area contributed by atoms with Gasteiger partial charge in [0.15, 0.2) is 0 Å². The van der Waals surface area contributed by atoms with Gasteiger partial charge in [-0.3, -0.25) is 0 Å². The van der Waals surface area contributed by atoms with Gasteiger partial charge >= 0.3 is 0 Å². The summed E-state index contributed by atoms with van der Waals surface area (Å²) >= 11 is 7.35. The van der Waals surface area contributed by atoms with E-state index in [-0.39, 0.29) is 16.5 Å². The highest BCUT2D eigenvalue weighted by molar-refractivity contribution is 7.89. The number of nitrogens with zero attached hydrogens (tertiary/aromatic N) is 1. The van der Waals surface area contributed by atoms with Crippen molar-refractivity contribution in [2.24, 2.45) is 0 Å². The minimum Gasteiger partial charge on any atom is -0.207 e. The maximum atomic E-state index is 12.1. The number of hydrogen-bond acceptors (Lipinski definition) is 4. The lowest BCUT2D eigenvalue weighted by molar-refractivity contribution is 0.582. The summed E-state index contributed by atoms with van der Waals surface area (Å²) in [5, 5.41) is 10.6. The molecule has 0 atom stereocenters. The number of nitrogens with one attached hydrogen (secondary N) is 1. The zero-order valence-corrected chi connectivity index (χ0v) is 12.0. The van der Waals surface area contributed by atoms with Crippen LogP contribution in [-0.2, 0) is 16.6 Å². The number of thiophene rings is 1. The van der Waals surface area contributed by atoms with Crippen LogP contribution in [0.4, 0.5) is 0 Å². The van der Waals surface area contributed by atoms with Crippen molar-refractivity contribution >= 4 is 33.0 Å². The summed E-state index contributed by atoms with van der Waals surface area (Å²) in [4.78, 5) is 0.887. The van der Waals surface area contributed by atoms with Crippen LogP contribution in [-0.4, -0.2) is 8.42 Å². The molecule has 0 aliphatic rings. The molecule has 1 aromatic carbocycles. The second kappa shape index (κ2) is 5.72. The minimum atomic E-state index is -3.68. The molecule has 0 saturated heterocycles. The van der Waals surface area contributed by atoms with Gasteiger partial charge in [-0.05, 0) is 29.6 Å². The number of halogens is 1. The van der Waals surface area contributed by atoms with Gasteiger partial charge in [0.2, 0.25) is 10.0 Å². The highest BCUT2D eigenvalue weighted by atomic mass is 35.5. The van der Waals surface area contributed by atoms with E-state index in [4.69, 9.17) is 16.9 Å².